The Morgan fingerprint density at radius 1 is 1.06 bits per heavy atom. The SMILES string of the molecule is COc1ccc(-c2cc3ncn(CC(=O)N4CCN(C(=O)c5cccs5)CC4)c(=O)c3s2)cc1. The second-order valence-corrected chi connectivity index (χ2v) is 9.88. The topological polar surface area (TPSA) is 84.7 Å². The second kappa shape index (κ2) is 9.40. The molecule has 3 aromatic heterocycles. The Labute approximate surface area is 203 Å². The molecule has 0 saturated carbocycles. The minimum atomic E-state index is -0.227. The molecule has 10 heteroatoms. The van der Waals surface area contributed by atoms with Crippen LogP contribution >= 0.6 is 22.7 Å². The number of fused-ring (bicyclic) bond motifs is 1. The van der Waals surface area contributed by atoms with E-state index in [1.165, 1.54) is 33.6 Å². The lowest BCUT2D eigenvalue weighted by molar-refractivity contribution is -0.133. The summed E-state index contributed by atoms with van der Waals surface area (Å²) in [5, 5.41) is 1.88. The van der Waals surface area contributed by atoms with Crippen LogP contribution in [0.15, 0.2) is 59.0 Å². The number of rotatable bonds is 5. The van der Waals surface area contributed by atoms with E-state index in [4.69, 9.17) is 4.74 Å². The Morgan fingerprint density at radius 2 is 1.79 bits per heavy atom. The maximum absolute atomic E-state index is 13.1. The molecule has 2 amide bonds. The van der Waals surface area contributed by atoms with Crippen LogP contribution in [-0.4, -0.2) is 64.5 Å². The van der Waals surface area contributed by atoms with Gasteiger partial charge in [-0.2, -0.15) is 0 Å². The number of hydrogen-bond donors (Lipinski definition) is 0. The smallest absolute Gasteiger partial charge is 0.271 e. The summed E-state index contributed by atoms with van der Waals surface area (Å²) in [6.45, 7) is 1.77. The lowest BCUT2D eigenvalue weighted by Crippen LogP contribution is -2.51. The van der Waals surface area contributed by atoms with Crippen LogP contribution in [-0.2, 0) is 11.3 Å². The van der Waals surface area contributed by atoms with Gasteiger partial charge in [-0.25, -0.2) is 4.98 Å². The molecule has 4 heterocycles. The van der Waals surface area contributed by atoms with Crippen LogP contribution in [0.2, 0.25) is 0 Å². The third-order valence-corrected chi connectivity index (χ3v) is 7.85. The molecule has 174 valence electrons. The molecular formula is C24H22N4O4S2. The molecule has 0 atom stereocenters. The van der Waals surface area contributed by atoms with Crippen molar-refractivity contribution >= 4 is 44.7 Å². The highest BCUT2D eigenvalue weighted by Crippen LogP contribution is 2.31. The third kappa shape index (κ3) is 4.34. The van der Waals surface area contributed by atoms with Crippen molar-refractivity contribution in [2.24, 2.45) is 0 Å². The van der Waals surface area contributed by atoms with Crippen molar-refractivity contribution in [1.29, 1.82) is 0 Å². The molecule has 1 aliphatic rings. The van der Waals surface area contributed by atoms with E-state index in [0.29, 0.717) is 41.3 Å². The van der Waals surface area contributed by atoms with E-state index in [-0.39, 0.29) is 23.9 Å². The minimum Gasteiger partial charge on any atom is -0.497 e. The Hall–Kier alpha value is -3.50. The Kier molecular flexibility index (Phi) is 6.16. The van der Waals surface area contributed by atoms with Crippen LogP contribution in [0.5, 0.6) is 5.75 Å². The molecule has 5 rings (SSSR count). The average Bonchev–Trinajstić information content (AvgIpc) is 3.56. The van der Waals surface area contributed by atoms with Gasteiger partial charge in [0.25, 0.3) is 11.5 Å². The summed E-state index contributed by atoms with van der Waals surface area (Å²) in [6, 6.07) is 13.2. The normalized spacial score (nSPS) is 13.9. The van der Waals surface area contributed by atoms with Crippen LogP contribution in [0.4, 0.5) is 0 Å². The zero-order valence-corrected chi connectivity index (χ0v) is 20.1. The molecule has 0 aliphatic carbocycles. The van der Waals surface area contributed by atoms with Gasteiger partial charge < -0.3 is 14.5 Å². The van der Waals surface area contributed by atoms with Gasteiger partial charge in [0, 0.05) is 31.1 Å². The van der Waals surface area contributed by atoms with E-state index in [9.17, 15) is 14.4 Å². The van der Waals surface area contributed by atoms with E-state index in [2.05, 4.69) is 4.98 Å². The monoisotopic (exact) mass is 494 g/mol. The molecule has 1 fully saturated rings. The Morgan fingerprint density at radius 3 is 2.47 bits per heavy atom. The number of aromatic nitrogens is 2. The van der Waals surface area contributed by atoms with Gasteiger partial charge in [-0.15, -0.1) is 22.7 Å². The van der Waals surface area contributed by atoms with Gasteiger partial charge in [0.1, 0.15) is 17.0 Å². The van der Waals surface area contributed by atoms with Crippen molar-refractivity contribution in [3.8, 4) is 16.2 Å². The van der Waals surface area contributed by atoms with Gasteiger partial charge in [-0.05, 0) is 47.3 Å². The molecule has 8 nitrogen and oxygen atoms in total. The van der Waals surface area contributed by atoms with Crippen molar-refractivity contribution in [3.63, 3.8) is 0 Å². The summed E-state index contributed by atoms with van der Waals surface area (Å²) in [5.41, 5.74) is 1.36. The fourth-order valence-corrected chi connectivity index (χ4v) is 5.67. The van der Waals surface area contributed by atoms with Gasteiger partial charge in [0.05, 0.1) is 23.8 Å². The summed E-state index contributed by atoms with van der Waals surface area (Å²) in [6.07, 6.45) is 1.43. The molecule has 0 radical (unpaired) electrons. The first-order valence-corrected chi connectivity index (χ1v) is 12.5. The highest BCUT2D eigenvalue weighted by atomic mass is 32.1. The number of piperazine rings is 1. The number of ether oxygens (including phenoxy) is 1. The fraction of sp³-hybridized carbons (Fsp3) is 0.250. The first-order chi connectivity index (χ1) is 16.5. The fourth-order valence-electron chi connectivity index (χ4n) is 3.92. The van der Waals surface area contributed by atoms with Crippen LogP contribution in [0.1, 0.15) is 9.67 Å². The van der Waals surface area contributed by atoms with Crippen molar-refractivity contribution < 1.29 is 14.3 Å². The third-order valence-electron chi connectivity index (χ3n) is 5.84. The summed E-state index contributed by atoms with van der Waals surface area (Å²) >= 11 is 2.78. The number of nitrogens with zero attached hydrogens (tertiary/aromatic N) is 4. The summed E-state index contributed by atoms with van der Waals surface area (Å²) in [7, 11) is 1.62. The maximum atomic E-state index is 13.1. The molecule has 0 N–H and O–H groups in total. The Balaban J connectivity index is 1.27. The molecule has 0 bridgehead atoms. The summed E-state index contributed by atoms with van der Waals surface area (Å²) in [4.78, 5) is 47.9. The van der Waals surface area contributed by atoms with Crippen molar-refractivity contribution in [3.05, 3.63) is 69.4 Å². The van der Waals surface area contributed by atoms with E-state index < -0.39 is 0 Å². The lowest BCUT2D eigenvalue weighted by atomic mass is 10.2. The number of thiophene rings is 2. The lowest BCUT2D eigenvalue weighted by Gasteiger charge is -2.34. The Bertz CT molecular complexity index is 1380. The molecule has 34 heavy (non-hydrogen) atoms. The van der Waals surface area contributed by atoms with Crippen LogP contribution in [0, 0.1) is 0 Å². The average molecular weight is 495 g/mol. The predicted octanol–water partition coefficient (Wildman–Crippen LogP) is 3.18. The van der Waals surface area contributed by atoms with Crippen LogP contribution < -0.4 is 10.3 Å². The maximum Gasteiger partial charge on any atom is 0.271 e. The number of carbonyl (C=O) groups is 2. The van der Waals surface area contributed by atoms with Gasteiger partial charge in [-0.1, -0.05) is 6.07 Å². The number of methoxy groups -OCH3 is 1. The predicted molar refractivity (Wildman–Crippen MR) is 133 cm³/mol. The summed E-state index contributed by atoms with van der Waals surface area (Å²) in [5.74, 6) is 0.609. The van der Waals surface area contributed by atoms with E-state index >= 15 is 0 Å². The number of carbonyl (C=O) groups excluding carboxylic acids is 2. The molecule has 1 aliphatic heterocycles. The number of amides is 2. The second-order valence-electron chi connectivity index (χ2n) is 7.88. The standard InChI is InChI=1S/C24H22N4O4S2/c1-32-17-6-4-16(5-7-17)20-13-18-22(34-20)24(31)28(15-25-18)14-21(29)26-8-10-27(11-9-26)23(30)19-3-2-12-33-19/h2-7,12-13,15H,8-11,14H2,1H3. The molecule has 1 saturated heterocycles. The van der Waals surface area contributed by atoms with Crippen molar-refractivity contribution in [2.75, 3.05) is 33.3 Å². The van der Waals surface area contributed by atoms with Gasteiger partial charge in [-0.3, -0.25) is 19.0 Å². The molecular weight excluding hydrogens is 472 g/mol. The van der Waals surface area contributed by atoms with E-state index in [1.807, 2.05) is 47.8 Å². The quantitative estimate of drug-likeness (QED) is 0.426. The molecule has 0 unspecified atom stereocenters. The zero-order valence-electron chi connectivity index (χ0n) is 18.5. The number of hydrogen-bond acceptors (Lipinski definition) is 7. The van der Waals surface area contributed by atoms with E-state index in [1.54, 1.807) is 16.9 Å². The summed E-state index contributed by atoms with van der Waals surface area (Å²) < 4.78 is 7.09. The molecule has 0 spiro atoms. The van der Waals surface area contributed by atoms with Gasteiger partial charge in [0.2, 0.25) is 5.91 Å². The van der Waals surface area contributed by atoms with Crippen LogP contribution in [0.3, 0.4) is 0 Å². The van der Waals surface area contributed by atoms with E-state index in [0.717, 1.165) is 16.2 Å². The molecule has 1 aromatic carbocycles. The highest BCUT2D eigenvalue weighted by molar-refractivity contribution is 7.22. The van der Waals surface area contributed by atoms with Gasteiger partial charge >= 0.3 is 0 Å². The largest absolute Gasteiger partial charge is 0.497 e. The minimum absolute atomic E-state index is 0.00155. The number of benzene rings is 1. The van der Waals surface area contributed by atoms with Crippen molar-refractivity contribution in [1.82, 2.24) is 19.4 Å². The first kappa shape index (κ1) is 22.3. The van der Waals surface area contributed by atoms with Crippen LogP contribution in [0.25, 0.3) is 20.7 Å². The zero-order chi connectivity index (χ0) is 23.7. The van der Waals surface area contributed by atoms with Gasteiger partial charge in [0.15, 0.2) is 0 Å². The molecule has 4 aromatic rings. The van der Waals surface area contributed by atoms with Crippen molar-refractivity contribution in [2.45, 2.75) is 6.54 Å². The first-order valence-electron chi connectivity index (χ1n) is 10.8. The highest BCUT2D eigenvalue weighted by Gasteiger charge is 2.25.